The van der Waals surface area contributed by atoms with Crippen molar-refractivity contribution in [2.24, 2.45) is 0 Å². The minimum atomic E-state index is -1.58. The van der Waals surface area contributed by atoms with Crippen molar-refractivity contribution >= 4 is 11.6 Å². The summed E-state index contributed by atoms with van der Waals surface area (Å²) in [6.07, 6.45) is 0. The topological polar surface area (TPSA) is 47.2 Å². The fourth-order valence-corrected chi connectivity index (χ4v) is 3.67. The zero-order valence-corrected chi connectivity index (χ0v) is 16.6. The molecule has 0 radical (unpaired) electrons. The van der Waals surface area contributed by atoms with E-state index in [0.29, 0.717) is 0 Å². The smallest absolute Gasteiger partial charge is 0.279 e. The lowest BCUT2D eigenvalue weighted by atomic mass is 10.1. The summed E-state index contributed by atoms with van der Waals surface area (Å²) >= 11 is 0. The Morgan fingerprint density at radius 1 is 1.03 bits per heavy atom. The first-order valence-corrected chi connectivity index (χ1v) is 9.61. The molecule has 29 heavy (non-hydrogen) atoms. The van der Waals surface area contributed by atoms with Crippen LogP contribution < -0.4 is 19.9 Å². The molecule has 156 valence electrons. The molecular weight excluding hydrogens is 383 g/mol. The molecule has 0 unspecified atom stereocenters. The molecule has 5 nitrogen and oxygen atoms in total. The number of ether oxygens (including phenoxy) is 1. The summed E-state index contributed by atoms with van der Waals surface area (Å²) < 4.78 is 45.4. The Morgan fingerprint density at radius 2 is 1.72 bits per heavy atom. The summed E-state index contributed by atoms with van der Waals surface area (Å²) in [6.45, 7) is 6.41. The lowest BCUT2D eigenvalue weighted by Gasteiger charge is -2.29. The number of nitrogens with one attached hydrogen (secondary N) is 3. The van der Waals surface area contributed by atoms with Gasteiger partial charge in [0, 0.05) is 5.56 Å². The molecule has 1 aliphatic heterocycles. The van der Waals surface area contributed by atoms with Crippen molar-refractivity contribution in [1.29, 1.82) is 0 Å². The Morgan fingerprint density at radius 3 is 2.41 bits per heavy atom. The van der Waals surface area contributed by atoms with Gasteiger partial charge >= 0.3 is 0 Å². The van der Waals surface area contributed by atoms with E-state index >= 15 is 0 Å². The van der Waals surface area contributed by atoms with Gasteiger partial charge in [-0.2, -0.15) is 0 Å². The monoisotopic (exact) mass is 409 g/mol. The van der Waals surface area contributed by atoms with E-state index in [1.807, 2.05) is 12.1 Å². The number of anilines is 1. The van der Waals surface area contributed by atoms with Crippen molar-refractivity contribution in [2.75, 3.05) is 45.2 Å². The van der Waals surface area contributed by atoms with Gasteiger partial charge < -0.3 is 19.9 Å². The van der Waals surface area contributed by atoms with Crippen molar-refractivity contribution in [2.45, 2.75) is 13.5 Å². The maximum atomic E-state index is 13.7. The number of amides is 1. The van der Waals surface area contributed by atoms with Gasteiger partial charge in [-0.25, -0.2) is 13.2 Å². The first kappa shape index (κ1) is 21.1. The zero-order chi connectivity index (χ0) is 21.0. The highest BCUT2D eigenvalue weighted by atomic mass is 19.2. The van der Waals surface area contributed by atoms with Gasteiger partial charge in [0.05, 0.1) is 12.8 Å². The normalized spacial score (nSPS) is 19.1. The van der Waals surface area contributed by atoms with E-state index in [0.717, 1.165) is 61.1 Å². The van der Waals surface area contributed by atoms with E-state index in [9.17, 15) is 18.0 Å². The highest BCUT2D eigenvalue weighted by Gasteiger charge is 2.26. The molecule has 0 bridgehead atoms. The van der Waals surface area contributed by atoms with Crippen LogP contribution in [0, 0.1) is 24.4 Å². The van der Waals surface area contributed by atoms with E-state index in [2.05, 4.69) is 18.3 Å². The largest absolute Gasteiger partial charge is 0.496 e. The third kappa shape index (κ3) is 5.27. The van der Waals surface area contributed by atoms with Crippen molar-refractivity contribution in [3.8, 4) is 5.75 Å². The van der Waals surface area contributed by atoms with Gasteiger partial charge in [0.25, 0.3) is 5.91 Å². The molecule has 0 atom stereocenters. The minimum Gasteiger partial charge on any atom is -0.496 e. The maximum Gasteiger partial charge on any atom is 0.279 e. The van der Waals surface area contributed by atoms with Gasteiger partial charge in [-0.15, -0.1) is 0 Å². The van der Waals surface area contributed by atoms with Crippen LogP contribution in [0.3, 0.4) is 0 Å². The number of aryl methyl sites for hydroxylation is 1. The van der Waals surface area contributed by atoms with Crippen molar-refractivity contribution in [1.82, 2.24) is 0 Å². The number of rotatable bonds is 6. The predicted octanol–water partition coefficient (Wildman–Crippen LogP) is 0.343. The Bertz CT molecular complexity index is 884. The van der Waals surface area contributed by atoms with Crippen molar-refractivity contribution in [3.63, 3.8) is 0 Å². The molecule has 1 fully saturated rings. The molecular formula is C21H26F3N3O2+2. The highest BCUT2D eigenvalue weighted by molar-refractivity contribution is 5.91. The van der Waals surface area contributed by atoms with Crippen LogP contribution >= 0.6 is 0 Å². The second-order valence-corrected chi connectivity index (χ2v) is 7.44. The van der Waals surface area contributed by atoms with E-state index < -0.39 is 23.4 Å². The first-order valence-electron chi connectivity index (χ1n) is 9.61. The fraction of sp³-hybridized carbons (Fsp3) is 0.381. The molecule has 0 aromatic heterocycles. The summed E-state index contributed by atoms with van der Waals surface area (Å²) in [4.78, 5) is 14.7. The standard InChI is InChI=1S/C21H24F3N3O2/c1-14-3-6-18(29-2)15(11-14)12-26-7-9-27(10-8-26)13-19(28)25-17-5-4-16(22)20(23)21(17)24/h3-6,11H,7-10,12-13H2,1-2H3,(H,25,28)/p+2. The fourth-order valence-electron chi connectivity index (χ4n) is 3.67. The zero-order valence-electron chi connectivity index (χ0n) is 16.6. The molecule has 8 heteroatoms. The average molecular weight is 409 g/mol. The first-order chi connectivity index (χ1) is 13.9. The molecule has 0 aliphatic carbocycles. The number of hydrogen-bond donors (Lipinski definition) is 3. The minimum absolute atomic E-state index is 0.152. The van der Waals surface area contributed by atoms with Crippen LogP contribution in [0.4, 0.5) is 18.9 Å². The highest BCUT2D eigenvalue weighted by Crippen LogP contribution is 2.19. The van der Waals surface area contributed by atoms with E-state index in [-0.39, 0.29) is 12.2 Å². The van der Waals surface area contributed by atoms with Gasteiger partial charge in [0.1, 0.15) is 38.5 Å². The van der Waals surface area contributed by atoms with E-state index in [4.69, 9.17) is 4.74 Å². The Labute approximate surface area is 168 Å². The Kier molecular flexibility index (Phi) is 6.76. The SMILES string of the molecule is COc1ccc(C)cc1C[NH+]1CC[NH+](CC(=O)Nc2ccc(F)c(F)c2F)CC1. The predicted molar refractivity (Wildman–Crippen MR) is 103 cm³/mol. The van der Waals surface area contributed by atoms with Crippen LogP contribution in [0.1, 0.15) is 11.1 Å². The number of hydrogen-bond acceptors (Lipinski definition) is 2. The number of methoxy groups -OCH3 is 1. The molecule has 1 aliphatic rings. The molecule has 2 aromatic rings. The Balaban J connectivity index is 1.50. The number of carbonyl (C=O) groups is 1. The molecule has 3 rings (SSSR count). The van der Waals surface area contributed by atoms with Crippen LogP contribution in [-0.2, 0) is 11.3 Å². The lowest BCUT2D eigenvalue weighted by molar-refractivity contribution is -1.02. The van der Waals surface area contributed by atoms with Crippen LogP contribution in [0.5, 0.6) is 5.75 Å². The number of piperazine rings is 1. The van der Waals surface area contributed by atoms with Gasteiger partial charge in [-0.05, 0) is 31.2 Å². The van der Waals surface area contributed by atoms with Gasteiger partial charge in [-0.3, -0.25) is 4.79 Å². The van der Waals surface area contributed by atoms with Gasteiger partial charge in [0.2, 0.25) is 0 Å². The van der Waals surface area contributed by atoms with Gasteiger partial charge in [-0.1, -0.05) is 11.6 Å². The lowest BCUT2D eigenvalue weighted by Crippen LogP contribution is -3.28. The third-order valence-electron chi connectivity index (χ3n) is 5.26. The van der Waals surface area contributed by atoms with Crippen molar-refractivity contribution < 1.29 is 32.5 Å². The van der Waals surface area contributed by atoms with E-state index in [1.54, 1.807) is 7.11 Å². The summed E-state index contributed by atoms with van der Waals surface area (Å²) in [7, 11) is 1.67. The maximum absolute atomic E-state index is 13.7. The Hall–Kier alpha value is -2.58. The molecule has 3 N–H and O–H groups in total. The van der Waals surface area contributed by atoms with Crippen LogP contribution in [0.25, 0.3) is 0 Å². The molecule has 0 spiro atoms. The van der Waals surface area contributed by atoms with Crippen LogP contribution in [0.2, 0.25) is 0 Å². The van der Waals surface area contributed by atoms with Crippen molar-refractivity contribution in [3.05, 3.63) is 58.9 Å². The summed E-state index contributed by atoms with van der Waals surface area (Å²) in [5, 5.41) is 2.33. The third-order valence-corrected chi connectivity index (χ3v) is 5.26. The molecule has 0 saturated carbocycles. The quantitative estimate of drug-likeness (QED) is 0.603. The van der Waals surface area contributed by atoms with Gasteiger partial charge in [0.15, 0.2) is 24.0 Å². The molecule has 1 saturated heterocycles. The van der Waals surface area contributed by atoms with E-state index in [1.165, 1.54) is 10.5 Å². The summed E-state index contributed by atoms with van der Waals surface area (Å²) in [5.41, 5.74) is 2.01. The summed E-state index contributed by atoms with van der Waals surface area (Å²) in [6, 6.07) is 7.96. The number of quaternary nitrogens is 2. The number of carbonyl (C=O) groups excluding carboxylic acids is 1. The molecule has 1 amide bonds. The number of benzene rings is 2. The van der Waals surface area contributed by atoms with Crippen LogP contribution in [-0.4, -0.2) is 45.7 Å². The van der Waals surface area contributed by atoms with Crippen LogP contribution in [0.15, 0.2) is 30.3 Å². The summed E-state index contributed by atoms with van der Waals surface area (Å²) in [5.74, 6) is -3.79. The number of halogens is 3. The molecule has 2 aromatic carbocycles. The molecule has 1 heterocycles. The second-order valence-electron chi connectivity index (χ2n) is 7.44. The average Bonchev–Trinajstić information content (AvgIpc) is 2.70. The second kappa shape index (κ2) is 9.28.